The molecule has 0 saturated heterocycles. The lowest BCUT2D eigenvalue weighted by Gasteiger charge is -2.33. The maximum atomic E-state index is 13.9. The predicted octanol–water partition coefficient (Wildman–Crippen LogP) is 5.42. The molecule has 0 bridgehead atoms. The molecule has 1 fully saturated rings. The molecule has 3 aromatic carbocycles. The molecule has 4 rings (SSSR count). The van der Waals surface area contributed by atoms with Crippen molar-refractivity contribution in [1.29, 1.82) is 0 Å². The van der Waals surface area contributed by atoms with Crippen LogP contribution in [0.5, 0.6) is 0 Å². The third kappa shape index (κ3) is 7.94. The van der Waals surface area contributed by atoms with Crippen LogP contribution in [0.2, 0.25) is 5.02 Å². The molecule has 1 atom stereocenters. The van der Waals surface area contributed by atoms with Crippen molar-refractivity contribution in [3.05, 3.63) is 99.5 Å². The summed E-state index contributed by atoms with van der Waals surface area (Å²) >= 11 is 9.38. The smallest absolute Gasteiger partial charge is 0.243 e. The first kappa shape index (κ1) is 30.2. The molecule has 0 spiro atoms. The summed E-state index contributed by atoms with van der Waals surface area (Å²) in [5.41, 5.74) is 1.73. The fourth-order valence-corrected chi connectivity index (χ4v) is 6.37. The average molecular weight is 647 g/mol. The molecule has 212 valence electrons. The van der Waals surface area contributed by atoms with Gasteiger partial charge in [-0.05, 0) is 60.4 Å². The second kappa shape index (κ2) is 13.8. The number of benzene rings is 3. The van der Waals surface area contributed by atoms with Crippen LogP contribution in [0.1, 0.15) is 36.8 Å². The van der Waals surface area contributed by atoms with Gasteiger partial charge in [-0.15, -0.1) is 0 Å². The van der Waals surface area contributed by atoms with Crippen LogP contribution in [-0.4, -0.2) is 55.1 Å². The molecule has 0 radical (unpaired) electrons. The van der Waals surface area contributed by atoms with E-state index in [1.165, 1.54) is 36.2 Å². The Morgan fingerprint density at radius 2 is 1.57 bits per heavy atom. The van der Waals surface area contributed by atoms with Crippen LogP contribution in [-0.2, 0) is 32.6 Å². The fourth-order valence-electron chi connectivity index (χ4n) is 4.86. The molecule has 2 amide bonds. The van der Waals surface area contributed by atoms with Crippen molar-refractivity contribution in [1.82, 2.24) is 14.5 Å². The van der Waals surface area contributed by atoms with E-state index in [1.54, 1.807) is 0 Å². The summed E-state index contributed by atoms with van der Waals surface area (Å²) in [5.74, 6) is -0.699. The van der Waals surface area contributed by atoms with Gasteiger partial charge in [0.15, 0.2) is 0 Å². The van der Waals surface area contributed by atoms with Gasteiger partial charge >= 0.3 is 0 Å². The van der Waals surface area contributed by atoms with Crippen LogP contribution in [0.3, 0.4) is 0 Å². The van der Waals surface area contributed by atoms with E-state index in [2.05, 4.69) is 21.2 Å². The molecule has 0 aliphatic heterocycles. The van der Waals surface area contributed by atoms with Crippen molar-refractivity contribution in [2.75, 3.05) is 13.6 Å². The van der Waals surface area contributed by atoms with Crippen LogP contribution in [0, 0.1) is 0 Å². The van der Waals surface area contributed by atoms with Gasteiger partial charge in [0.2, 0.25) is 21.8 Å². The van der Waals surface area contributed by atoms with Gasteiger partial charge in [0.25, 0.3) is 0 Å². The minimum Gasteiger partial charge on any atom is -0.352 e. The number of rotatable bonds is 11. The Morgan fingerprint density at radius 1 is 0.950 bits per heavy atom. The maximum Gasteiger partial charge on any atom is 0.243 e. The van der Waals surface area contributed by atoms with Crippen LogP contribution < -0.4 is 5.32 Å². The van der Waals surface area contributed by atoms with E-state index < -0.39 is 28.5 Å². The minimum absolute atomic E-state index is 0.0338. The van der Waals surface area contributed by atoms with Gasteiger partial charge in [-0.25, -0.2) is 8.42 Å². The summed E-state index contributed by atoms with van der Waals surface area (Å²) in [6, 6.07) is 22.1. The summed E-state index contributed by atoms with van der Waals surface area (Å²) in [7, 11) is -2.60. The first-order valence-electron chi connectivity index (χ1n) is 13.2. The van der Waals surface area contributed by atoms with Crippen molar-refractivity contribution in [2.45, 2.75) is 55.6 Å². The summed E-state index contributed by atoms with van der Waals surface area (Å²) < 4.78 is 28.4. The third-order valence-corrected chi connectivity index (χ3v) is 9.72. The number of carbonyl (C=O) groups is 2. The molecular weight excluding hydrogens is 614 g/mol. The first-order chi connectivity index (χ1) is 19.1. The quantitative estimate of drug-likeness (QED) is 0.302. The van der Waals surface area contributed by atoms with E-state index in [0.29, 0.717) is 11.4 Å². The van der Waals surface area contributed by atoms with Crippen LogP contribution in [0.25, 0.3) is 0 Å². The predicted molar refractivity (Wildman–Crippen MR) is 160 cm³/mol. The van der Waals surface area contributed by atoms with Gasteiger partial charge in [0.1, 0.15) is 6.04 Å². The second-order valence-electron chi connectivity index (χ2n) is 10.1. The Kier molecular flexibility index (Phi) is 10.4. The summed E-state index contributed by atoms with van der Waals surface area (Å²) in [6.45, 7) is -0.278. The average Bonchev–Trinajstić information content (AvgIpc) is 3.45. The zero-order valence-corrected chi connectivity index (χ0v) is 25.5. The first-order valence-corrected chi connectivity index (χ1v) is 15.8. The lowest BCUT2D eigenvalue weighted by Crippen LogP contribution is -2.54. The van der Waals surface area contributed by atoms with E-state index in [9.17, 15) is 18.0 Å². The zero-order valence-electron chi connectivity index (χ0n) is 22.3. The van der Waals surface area contributed by atoms with Crippen LogP contribution in [0.4, 0.5) is 0 Å². The maximum absolute atomic E-state index is 13.9. The van der Waals surface area contributed by atoms with Crippen molar-refractivity contribution >= 4 is 49.4 Å². The molecule has 0 unspecified atom stereocenters. The van der Waals surface area contributed by atoms with Gasteiger partial charge in [-0.3, -0.25) is 9.59 Å². The highest BCUT2D eigenvalue weighted by atomic mass is 79.9. The SMILES string of the molecule is CN(CC(=O)N(Cc1ccc(Br)cc1)[C@@H](Cc1ccccc1)C(=O)NC1CCCC1)S(=O)(=O)c1ccc(Cl)cc1. The molecule has 1 saturated carbocycles. The van der Waals surface area contributed by atoms with Crippen molar-refractivity contribution in [3.8, 4) is 0 Å². The molecule has 0 aromatic heterocycles. The lowest BCUT2D eigenvalue weighted by molar-refractivity contribution is -0.141. The summed E-state index contributed by atoms with van der Waals surface area (Å²) in [4.78, 5) is 29.3. The van der Waals surface area contributed by atoms with Gasteiger partial charge in [-0.2, -0.15) is 4.31 Å². The van der Waals surface area contributed by atoms with Crippen molar-refractivity contribution in [3.63, 3.8) is 0 Å². The molecule has 1 aliphatic carbocycles. The van der Waals surface area contributed by atoms with E-state index >= 15 is 0 Å². The number of likely N-dealkylation sites (N-methyl/N-ethyl adjacent to an activating group) is 1. The number of halogens is 2. The van der Waals surface area contributed by atoms with Gasteiger partial charge in [0, 0.05) is 35.6 Å². The third-order valence-electron chi connectivity index (χ3n) is 7.12. The molecule has 3 aromatic rings. The van der Waals surface area contributed by atoms with E-state index in [1.807, 2.05) is 54.6 Å². The highest BCUT2D eigenvalue weighted by Gasteiger charge is 2.34. The number of hydrogen-bond donors (Lipinski definition) is 1. The van der Waals surface area contributed by atoms with E-state index in [0.717, 1.165) is 45.6 Å². The van der Waals surface area contributed by atoms with Crippen LogP contribution in [0.15, 0.2) is 88.2 Å². The normalized spacial score (nSPS) is 14.7. The van der Waals surface area contributed by atoms with Gasteiger partial charge in [-0.1, -0.05) is 82.8 Å². The molecule has 7 nitrogen and oxygen atoms in total. The Hall–Kier alpha value is -2.72. The number of hydrogen-bond acceptors (Lipinski definition) is 4. The summed E-state index contributed by atoms with van der Waals surface area (Å²) in [6.07, 6.45) is 4.24. The molecular formula is C30H33BrClN3O4S. The van der Waals surface area contributed by atoms with Gasteiger partial charge < -0.3 is 10.2 Å². The Balaban J connectivity index is 1.65. The Morgan fingerprint density at radius 3 is 2.20 bits per heavy atom. The number of sulfonamides is 1. The number of nitrogens with zero attached hydrogens (tertiary/aromatic N) is 2. The van der Waals surface area contributed by atoms with E-state index in [-0.39, 0.29) is 23.4 Å². The Labute approximate surface area is 249 Å². The Bertz CT molecular complexity index is 1400. The number of amides is 2. The molecule has 40 heavy (non-hydrogen) atoms. The molecule has 10 heteroatoms. The van der Waals surface area contributed by atoms with Crippen LogP contribution >= 0.6 is 27.5 Å². The highest BCUT2D eigenvalue weighted by Crippen LogP contribution is 2.22. The fraction of sp³-hybridized carbons (Fsp3) is 0.333. The largest absolute Gasteiger partial charge is 0.352 e. The topological polar surface area (TPSA) is 86.8 Å². The minimum atomic E-state index is -3.97. The lowest BCUT2D eigenvalue weighted by atomic mass is 10.0. The number of carbonyl (C=O) groups excluding carboxylic acids is 2. The van der Waals surface area contributed by atoms with Gasteiger partial charge in [0.05, 0.1) is 11.4 Å². The van der Waals surface area contributed by atoms with Crippen molar-refractivity contribution in [2.24, 2.45) is 0 Å². The summed E-state index contributed by atoms with van der Waals surface area (Å²) in [5, 5.41) is 3.57. The number of nitrogens with one attached hydrogen (secondary N) is 1. The van der Waals surface area contributed by atoms with E-state index in [4.69, 9.17) is 11.6 Å². The molecule has 0 heterocycles. The second-order valence-corrected chi connectivity index (χ2v) is 13.5. The zero-order chi connectivity index (χ0) is 28.7. The monoisotopic (exact) mass is 645 g/mol. The molecule has 1 aliphatic rings. The molecule has 1 N–H and O–H groups in total. The standard InChI is InChI=1S/C30H33BrClN3O4S/c1-34(40(38,39)27-17-15-25(32)16-18-27)21-29(36)35(20-23-11-13-24(31)14-12-23)28(19-22-7-3-2-4-8-22)30(37)33-26-9-5-6-10-26/h2-4,7-8,11-18,26,28H,5-6,9-10,19-21H2,1H3,(H,33,37)/t28-/m0/s1. The van der Waals surface area contributed by atoms with Crippen molar-refractivity contribution < 1.29 is 18.0 Å². The highest BCUT2D eigenvalue weighted by molar-refractivity contribution is 9.10.